The van der Waals surface area contributed by atoms with Gasteiger partial charge in [0.2, 0.25) is 0 Å². The Bertz CT molecular complexity index is 1360. The van der Waals surface area contributed by atoms with Gasteiger partial charge in [0, 0.05) is 18.3 Å². The number of para-hydroxylation sites is 2. The van der Waals surface area contributed by atoms with Crippen molar-refractivity contribution < 1.29 is 4.79 Å². The van der Waals surface area contributed by atoms with Crippen LogP contribution in [0.25, 0.3) is 16.7 Å². The SMILES string of the molecule is O=C(c1cc(-n2c(=O)[nH]c3ccccc3c2=O)n[nH]1)N1CCCc2ccccc21. The van der Waals surface area contributed by atoms with Gasteiger partial charge in [-0.05, 0) is 36.6 Å². The molecular formula is C21H17N5O3. The molecule has 0 spiro atoms. The van der Waals surface area contributed by atoms with E-state index in [1.165, 1.54) is 6.07 Å². The van der Waals surface area contributed by atoms with Crippen LogP contribution in [0.1, 0.15) is 22.5 Å². The Kier molecular flexibility index (Phi) is 3.90. The van der Waals surface area contributed by atoms with E-state index < -0.39 is 11.2 Å². The Morgan fingerprint density at radius 1 is 1.03 bits per heavy atom. The monoisotopic (exact) mass is 387 g/mol. The van der Waals surface area contributed by atoms with E-state index in [1.807, 2.05) is 24.3 Å². The predicted octanol–water partition coefficient (Wildman–Crippen LogP) is 2.00. The Labute approximate surface area is 164 Å². The van der Waals surface area contributed by atoms with E-state index >= 15 is 0 Å². The molecule has 2 N–H and O–H groups in total. The smallest absolute Gasteiger partial charge is 0.307 e. The van der Waals surface area contributed by atoms with Crippen molar-refractivity contribution in [1.29, 1.82) is 0 Å². The lowest BCUT2D eigenvalue weighted by Crippen LogP contribution is -2.35. The summed E-state index contributed by atoms with van der Waals surface area (Å²) < 4.78 is 0.930. The van der Waals surface area contributed by atoms with Gasteiger partial charge >= 0.3 is 5.69 Å². The Balaban J connectivity index is 1.56. The molecule has 1 aliphatic rings. The summed E-state index contributed by atoms with van der Waals surface area (Å²) >= 11 is 0. The number of fused-ring (bicyclic) bond motifs is 2. The van der Waals surface area contributed by atoms with E-state index in [0.29, 0.717) is 17.4 Å². The van der Waals surface area contributed by atoms with E-state index in [2.05, 4.69) is 15.2 Å². The van der Waals surface area contributed by atoms with Crippen molar-refractivity contribution in [3.63, 3.8) is 0 Å². The minimum absolute atomic E-state index is 0.0793. The molecule has 8 nitrogen and oxygen atoms in total. The quantitative estimate of drug-likeness (QED) is 0.549. The van der Waals surface area contributed by atoms with Crippen molar-refractivity contribution in [1.82, 2.24) is 19.7 Å². The van der Waals surface area contributed by atoms with Gasteiger partial charge in [-0.2, -0.15) is 5.10 Å². The van der Waals surface area contributed by atoms with Gasteiger partial charge in [-0.25, -0.2) is 9.36 Å². The molecule has 0 atom stereocenters. The maximum Gasteiger partial charge on any atom is 0.334 e. The normalized spacial score (nSPS) is 13.4. The van der Waals surface area contributed by atoms with E-state index in [-0.39, 0.29) is 17.4 Å². The first-order valence-electron chi connectivity index (χ1n) is 9.33. The Morgan fingerprint density at radius 2 is 1.83 bits per heavy atom. The van der Waals surface area contributed by atoms with Crippen LogP contribution in [0.5, 0.6) is 0 Å². The van der Waals surface area contributed by atoms with E-state index in [9.17, 15) is 14.4 Å². The zero-order valence-electron chi connectivity index (χ0n) is 15.4. The molecule has 2 aromatic carbocycles. The number of hydrogen-bond acceptors (Lipinski definition) is 4. The molecule has 1 aliphatic heterocycles. The second-order valence-electron chi connectivity index (χ2n) is 6.95. The summed E-state index contributed by atoms with van der Waals surface area (Å²) in [5.41, 5.74) is 1.57. The second kappa shape index (κ2) is 6.59. The first-order chi connectivity index (χ1) is 14.1. The van der Waals surface area contributed by atoms with Gasteiger partial charge in [0.25, 0.3) is 11.5 Å². The summed E-state index contributed by atoms with van der Waals surface area (Å²) in [6, 6.07) is 16.0. The van der Waals surface area contributed by atoms with Crippen LogP contribution in [-0.2, 0) is 6.42 Å². The second-order valence-corrected chi connectivity index (χ2v) is 6.95. The molecule has 0 unspecified atom stereocenters. The molecule has 0 aliphatic carbocycles. The molecule has 1 amide bonds. The summed E-state index contributed by atoms with van der Waals surface area (Å²) in [4.78, 5) is 42.7. The van der Waals surface area contributed by atoms with Crippen LogP contribution in [0.2, 0.25) is 0 Å². The molecule has 0 fully saturated rings. The van der Waals surface area contributed by atoms with Gasteiger partial charge in [-0.1, -0.05) is 30.3 Å². The lowest BCUT2D eigenvalue weighted by atomic mass is 10.0. The Hall–Kier alpha value is -3.94. The van der Waals surface area contributed by atoms with Crippen molar-refractivity contribution in [2.45, 2.75) is 12.8 Å². The van der Waals surface area contributed by atoms with Crippen LogP contribution in [0.4, 0.5) is 5.69 Å². The number of anilines is 1. The van der Waals surface area contributed by atoms with Crippen LogP contribution < -0.4 is 16.1 Å². The van der Waals surface area contributed by atoms with Crippen molar-refractivity contribution in [3.05, 3.63) is 86.7 Å². The molecule has 2 aromatic heterocycles. The number of rotatable bonds is 2. The average Bonchev–Trinajstić information content (AvgIpc) is 3.22. The molecule has 0 radical (unpaired) electrons. The number of carbonyl (C=O) groups excluding carboxylic acids is 1. The number of benzene rings is 2. The highest BCUT2D eigenvalue weighted by Crippen LogP contribution is 2.27. The predicted molar refractivity (Wildman–Crippen MR) is 109 cm³/mol. The van der Waals surface area contributed by atoms with Gasteiger partial charge in [0.15, 0.2) is 5.82 Å². The van der Waals surface area contributed by atoms with Crippen molar-refractivity contribution in [3.8, 4) is 5.82 Å². The third-order valence-electron chi connectivity index (χ3n) is 5.18. The first-order valence-corrected chi connectivity index (χ1v) is 9.33. The minimum Gasteiger partial charge on any atom is -0.307 e. The van der Waals surface area contributed by atoms with Crippen molar-refractivity contribution >= 4 is 22.5 Å². The zero-order chi connectivity index (χ0) is 20.0. The van der Waals surface area contributed by atoms with Crippen LogP contribution in [0.3, 0.4) is 0 Å². The lowest BCUT2D eigenvalue weighted by molar-refractivity contribution is 0.0980. The average molecular weight is 387 g/mol. The van der Waals surface area contributed by atoms with Crippen molar-refractivity contribution in [2.75, 3.05) is 11.4 Å². The summed E-state index contributed by atoms with van der Waals surface area (Å²) in [5, 5.41) is 7.11. The fraction of sp³-hybridized carbons (Fsp3) is 0.143. The molecule has 8 heteroatoms. The standard InChI is InChI=1S/C21H17N5O3/c27-19-14-8-2-3-9-15(14)22-21(29)26(19)18-12-16(23-24-18)20(28)25-11-5-7-13-6-1-4-10-17(13)25/h1-4,6,8-10,12H,5,7,11H2,(H,22,29)(H,23,24). The third kappa shape index (κ3) is 2.77. The number of hydrogen-bond donors (Lipinski definition) is 2. The van der Waals surface area contributed by atoms with Crippen LogP contribution in [0.15, 0.2) is 64.2 Å². The molecule has 144 valence electrons. The van der Waals surface area contributed by atoms with Gasteiger partial charge in [0.1, 0.15) is 5.69 Å². The van der Waals surface area contributed by atoms with Crippen LogP contribution in [0, 0.1) is 0 Å². The van der Waals surface area contributed by atoms with Crippen molar-refractivity contribution in [2.24, 2.45) is 0 Å². The van der Waals surface area contributed by atoms with Crippen LogP contribution in [-0.4, -0.2) is 32.2 Å². The number of aromatic nitrogens is 4. The number of nitrogens with one attached hydrogen (secondary N) is 2. The van der Waals surface area contributed by atoms with Gasteiger partial charge in [0.05, 0.1) is 10.9 Å². The fourth-order valence-electron chi connectivity index (χ4n) is 3.80. The van der Waals surface area contributed by atoms with Gasteiger partial charge < -0.3 is 9.88 Å². The highest BCUT2D eigenvalue weighted by Gasteiger charge is 2.25. The zero-order valence-corrected chi connectivity index (χ0v) is 15.4. The highest BCUT2D eigenvalue weighted by molar-refractivity contribution is 6.05. The molecule has 0 bridgehead atoms. The van der Waals surface area contributed by atoms with E-state index in [4.69, 9.17) is 0 Å². The Morgan fingerprint density at radius 3 is 2.72 bits per heavy atom. The summed E-state index contributed by atoms with van der Waals surface area (Å²) in [7, 11) is 0. The van der Waals surface area contributed by atoms with Gasteiger partial charge in [-0.15, -0.1) is 0 Å². The molecule has 3 heterocycles. The maximum absolute atomic E-state index is 13.1. The molecular weight excluding hydrogens is 370 g/mol. The number of H-pyrrole nitrogens is 2. The van der Waals surface area contributed by atoms with Gasteiger partial charge in [-0.3, -0.25) is 14.7 Å². The lowest BCUT2D eigenvalue weighted by Gasteiger charge is -2.28. The summed E-state index contributed by atoms with van der Waals surface area (Å²) in [6.45, 7) is 0.598. The molecule has 4 aromatic rings. The van der Waals surface area contributed by atoms with Crippen LogP contribution >= 0.6 is 0 Å². The van der Waals surface area contributed by atoms with E-state index in [1.54, 1.807) is 29.2 Å². The summed E-state index contributed by atoms with van der Waals surface area (Å²) in [5.74, 6) is -0.170. The molecule has 29 heavy (non-hydrogen) atoms. The molecule has 0 saturated heterocycles. The highest BCUT2D eigenvalue weighted by atomic mass is 16.2. The number of nitrogens with zero attached hydrogens (tertiary/aromatic N) is 3. The third-order valence-corrected chi connectivity index (χ3v) is 5.18. The van der Waals surface area contributed by atoms with E-state index in [0.717, 1.165) is 28.7 Å². The number of aryl methyl sites for hydroxylation is 1. The number of amides is 1. The molecule has 0 saturated carbocycles. The minimum atomic E-state index is -0.609. The maximum atomic E-state index is 13.1. The topological polar surface area (TPSA) is 104 Å². The number of aromatic amines is 2. The fourth-order valence-corrected chi connectivity index (χ4v) is 3.80. The molecule has 5 rings (SSSR count). The largest absolute Gasteiger partial charge is 0.334 e. The summed E-state index contributed by atoms with van der Waals surface area (Å²) in [6.07, 6.45) is 1.80. The first kappa shape index (κ1) is 17.2. The number of carbonyl (C=O) groups is 1.